The SMILES string of the molecule is Nc1cc(F)ccc1SCc1cccs1. The molecule has 0 aliphatic rings. The highest BCUT2D eigenvalue weighted by atomic mass is 32.2. The Hall–Kier alpha value is -1.00. The minimum absolute atomic E-state index is 0.284. The zero-order chi connectivity index (χ0) is 10.7. The molecule has 1 aromatic carbocycles. The van der Waals surface area contributed by atoms with E-state index in [1.807, 2.05) is 11.4 Å². The summed E-state index contributed by atoms with van der Waals surface area (Å²) in [7, 11) is 0. The zero-order valence-electron chi connectivity index (χ0n) is 7.94. The number of halogens is 1. The first-order chi connectivity index (χ1) is 7.25. The van der Waals surface area contributed by atoms with Crippen LogP contribution in [0.4, 0.5) is 10.1 Å². The Morgan fingerprint density at radius 1 is 1.33 bits per heavy atom. The van der Waals surface area contributed by atoms with Gasteiger partial charge < -0.3 is 5.73 Å². The molecule has 1 aromatic heterocycles. The monoisotopic (exact) mass is 239 g/mol. The van der Waals surface area contributed by atoms with Crippen molar-refractivity contribution in [3.63, 3.8) is 0 Å². The van der Waals surface area contributed by atoms with Crippen LogP contribution in [-0.2, 0) is 5.75 Å². The van der Waals surface area contributed by atoms with Crippen molar-refractivity contribution in [2.24, 2.45) is 0 Å². The van der Waals surface area contributed by atoms with Gasteiger partial charge in [0, 0.05) is 21.2 Å². The van der Waals surface area contributed by atoms with Gasteiger partial charge in [0.1, 0.15) is 5.82 Å². The fraction of sp³-hybridized carbons (Fsp3) is 0.0909. The third-order valence-electron chi connectivity index (χ3n) is 1.92. The number of nitrogen functional groups attached to an aromatic ring is 1. The van der Waals surface area contributed by atoms with Gasteiger partial charge in [0.2, 0.25) is 0 Å². The molecule has 0 unspecified atom stereocenters. The number of rotatable bonds is 3. The lowest BCUT2D eigenvalue weighted by Gasteiger charge is -2.03. The van der Waals surface area contributed by atoms with E-state index in [0.717, 1.165) is 10.6 Å². The quantitative estimate of drug-likeness (QED) is 0.652. The van der Waals surface area contributed by atoms with Crippen LogP contribution < -0.4 is 5.73 Å². The molecule has 0 saturated carbocycles. The van der Waals surface area contributed by atoms with Gasteiger partial charge in [0.05, 0.1) is 0 Å². The van der Waals surface area contributed by atoms with Gasteiger partial charge in [0.25, 0.3) is 0 Å². The average molecular weight is 239 g/mol. The Kier molecular flexibility index (Phi) is 3.28. The topological polar surface area (TPSA) is 26.0 Å². The van der Waals surface area contributed by atoms with Crippen molar-refractivity contribution in [2.45, 2.75) is 10.6 Å². The first kappa shape index (κ1) is 10.5. The summed E-state index contributed by atoms with van der Waals surface area (Å²) in [4.78, 5) is 2.23. The summed E-state index contributed by atoms with van der Waals surface area (Å²) in [5.74, 6) is 0.598. The van der Waals surface area contributed by atoms with Gasteiger partial charge in [0.15, 0.2) is 0 Å². The van der Waals surface area contributed by atoms with Crippen LogP contribution in [0.1, 0.15) is 4.88 Å². The summed E-state index contributed by atoms with van der Waals surface area (Å²) in [6.45, 7) is 0. The maximum absolute atomic E-state index is 12.8. The van der Waals surface area contributed by atoms with Crippen LogP contribution in [0, 0.1) is 5.82 Å². The summed E-state index contributed by atoms with van der Waals surface area (Å²) >= 11 is 3.35. The van der Waals surface area contributed by atoms with E-state index >= 15 is 0 Å². The van der Waals surface area contributed by atoms with Gasteiger partial charge >= 0.3 is 0 Å². The molecule has 0 amide bonds. The van der Waals surface area contributed by atoms with Crippen LogP contribution in [-0.4, -0.2) is 0 Å². The third kappa shape index (κ3) is 2.73. The van der Waals surface area contributed by atoms with Crippen molar-refractivity contribution in [3.05, 3.63) is 46.4 Å². The van der Waals surface area contributed by atoms with E-state index < -0.39 is 0 Å². The van der Waals surface area contributed by atoms with Gasteiger partial charge in [-0.2, -0.15) is 0 Å². The molecule has 0 fully saturated rings. The molecule has 1 nitrogen and oxygen atoms in total. The van der Waals surface area contributed by atoms with Gasteiger partial charge in [-0.25, -0.2) is 4.39 Å². The van der Waals surface area contributed by atoms with E-state index in [4.69, 9.17) is 5.73 Å². The van der Waals surface area contributed by atoms with Gasteiger partial charge in [-0.15, -0.1) is 23.1 Å². The zero-order valence-corrected chi connectivity index (χ0v) is 9.58. The van der Waals surface area contributed by atoms with Crippen molar-refractivity contribution in [3.8, 4) is 0 Å². The lowest BCUT2D eigenvalue weighted by molar-refractivity contribution is 0.627. The Bertz CT molecular complexity index is 440. The Labute approximate surface area is 96.1 Å². The average Bonchev–Trinajstić information content (AvgIpc) is 2.69. The van der Waals surface area contributed by atoms with Crippen molar-refractivity contribution < 1.29 is 4.39 Å². The number of hydrogen-bond donors (Lipinski definition) is 1. The van der Waals surface area contributed by atoms with Crippen LogP contribution >= 0.6 is 23.1 Å². The van der Waals surface area contributed by atoms with Crippen molar-refractivity contribution in [1.29, 1.82) is 0 Å². The van der Waals surface area contributed by atoms with Gasteiger partial charge in [-0.05, 0) is 29.6 Å². The predicted octanol–water partition coefficient (Wildman–Crippen LogP) is 3.76. The highest BCUT2D eigenvalue weighted by Gasteiger charge is 2.02. The van der Waals surface area contributed by atoms with E-state index in [0.29, 0.717) is 5.69 Å². The van der Waals surface area contributed by atoms with Crippen LogP contribution in [0.2, 0.25) is 0 Å². The summed E-state index contributed by atoms with van der Waals surface area (Å²) in [5, 5.41) is 2.05. The molecule has 0 bridgehead atoms. The molecule has 15 heavy (non-hydrogen) atoms. The minimum atomic E-state index is -0.284. The van der Waals surface area contributed by atoms with Crippen molar-refractivity contribution >= 4 is 28.8 Å². The van der Waals surface area contributed by atoms with Crippen molar-refractivity contribution in [2.75, 3.05) is 5.73 Å². The summed E-state index contributed by atoms with van der Waals surface area (Å²) < 4.78 is 12.8. The normalized spacial score (nSPS) is 10.5. The lowest BCUT2D eigenvalue weighted by atomic mass is 10.3. The first-order valence-corrected chi connectivity index (χ1v) is 6.32. The van der Waals surface area contributed by atoms with Crippen molar-refractivity contribution in [1.82, 2.24) is 0 Å². The first-order valence-electron chi connectivity index (χ1n) is 4.46. The van der Waals surface area contributed by atoms with Crippen LogP contribution in [0.15, 0.2) is 40.6 Å². The molecular weight excluding hydrogens is 229 g/mol. The largest absolute Gasteiger partial charge is 0.398 e. The number of nitrogens with two attached hydrogens (primary N) is 1. The predicted molar refractivity (Wildman–Crippen MR) is 64.7 cm³/mol. The van der Waals surface area contributed by atoms with Crippen LogP contribution in [0.25, 0.3) is 0 Å². The second kappa shape index (κ2) is 4.68. The molecule has 78 valence electrons. The molecule has 0 atom stereocenters. The standard InChI is InChI=1S/C11H10FNS2/c12-8-3-4-11(10(13)6-8)15-7-9-2-1-5-14-9/h1-6H,7,13H2. The second-order valence-corrected chi connectivity index (χ2v) is 5.10. The fourth-order valence-corrected chi connectivity index (χ4v) is 2.92. The lowest BCUT2D eigenvalue weighted by Crippen LogP contribution is -1.89. The maximum Gasteiger partial charge on any atom is 0.125 e. The van der Waals surface area contributed by atoms with E-state index in [9.17, 15) is 4.39 Å². The summed E-state index contributed by atoms with van der Waals surface area (Å²) in [6.07, 6.45) is 0. The van der Waals surface area contributed by atoms with Crippen LogP contribution in [0.5, 0.6) is 0 Å². The number of benzene rings is 1. The second-order valence-electron chi connectivity index (χ2n) is 3.05. The molecule has 0 spiro atoms. The van der Waals surface area contributed by atoms with E-state index in [-0.39, 0.29) is 5.82 Å². The van der Waals surface area contributed by atoms with Gasteiger partial charge in [-0.1, -0.05) is 6.07 Å². The molecule has 0 aliphatic carbocycles. The Balaban J connectivity index is 2.05. The third-order valence-corrected chi connectivity index (χ3v) is 4.12. The number of thiophene rings is 1. The Morgan fingerprint density at radius 2 is 2.20 bits per heavy atom. The van der Waals surface area contributed by atoms with Gasteiger partial charge in [-0.3, -0.25) is 0 Å². The maximum atomic E-state index is 12.8. The smallest absolute Gasteiger partial charge is 0.125 e. The molecule has 2 N–H and O–H groups in total. The number of hydrogen-bond acceptors (Lipinski definition) is 3. The Morgan fingerprint density at radius 3 is 2.87 bits per heavy atom. The minimum Gasteiger partial charge on any atom is -0.398 e. The molecule has 0 radical (unpaired) electrons. The molecule has 4 heteroatoms. The highest BCUT2D eigenvalue weighted by molar-refractivity contribution is 7.98. The molecule has 0 saturated heterocycles. The molecular formula is C11H10FNS2. The van der Waals surface area contributed by atoms with Crippen LogP contribution in [0.3, 0.4) is 0 Å². The highest BCUT2D eigenvalue weighted by Crippen LogP contribution is 2.29. The van der Waals surface area contributed by atoms with E-state index in [1.54, 1.807) is 29.2 Å². The van der Waals surface area contributed by atoms with E-state index in [1.165, 1.54) is 17.0 Å². The summed E-state index contributed by atoms with van der Waals surface area (Å²) in [5.41, 5.74) is 6.21. The molecule has 2 aromatic rings. The number of thioether (sulfide) groups is 1. The molecule has 0 aliphatic heterocycles. The molecule has 2 rings (SSSR count). The fourth-order valence-electron chi connectivity index (χ4n) is 1.19. The summed E-state index contributed by atoms with van der Waals surface area (Å²) in [6, 6.07) is 8.62. The van der Waals surface area contributed by atoms with E-state index in [2.05, 4.69) is 6.07 Å². The number of anilines is 1. The molecule has 1 heterocycles.